The normalized spacial score (nSPS) is 14.7. The second-order valence-electron chi connectivity index (χ2n) is 7.50. The van der Waals surface area contributed by atoms with Gasteiger partial charge >= 0.3 is 6.01 Å². The number of nitrogens with one attached hydrogen (secondary N) is 2. The molecule has 2 aliphatic rings. The molecule has 0 unspecified atom stereocenters. The number of rotatable bonds is 4. The van der Waals surface area contributed by atoms with E-state index in [1.807, 2.05) is 19.1 Å². The maximum atomic E-state index is 14.3. The molecule has 0 atom stereocenters. The van der Waals surface area contributed by atoms with Gasteiger partial charge in [0, 0.05) is 37.0 Å². The van der Waals surface area contributed by atoms with Crippen LogP contribution in [0.15, 0.2) is 36.5 Å². The van der Waals surface area contributed by atoms with Gasteiger partial charge in [0.15, 0.2) is 0 Å². The summed E-state index contributed by atoms with van der Waals surface area (Å²) in [6.07, 6.45) is 5.25. The molecule has 6 nitrogen and oxygen atoms in total. The van der Waals surface area contributed by atoms with E-state index in [-0.39, 0.29) is 11.8 Å². The minimum Gasteiger partial charge on any atom is -0.423 e. The zero-order chi connectivity index (χ0) is 20.7. The van der Waals surface area contributed by atoms with E-state index in [0.29, 0.717) is 12.2 Å². The molecule has 0 amide bonds. The van der Waals surface area contributed by atoms with Crippen molar-refractivity contribution in [2.75, 3.05) is 25.5 Å². The third-order valence-corrected chi connectivity index (χ3v) is 5.52. The molecule has 0 radical (unpaired) electrons. The SMILES string of the molecule is CNc1cc(F)cc2c1Cc1nc(Oc3ccc(C)nc3)nc(C3=CCNCC3)c1-2. The highest BCUT2D eigenvalue weighted by molar-refractivity contribution is 5.88. The van der Waals surface area contributed by atoms with E-state index < -0.39 is 0 Å². The first-order chi connectivity index (χ1) is 14.6. The van der Waals surface area contributed by atoms with Crippen molar-refractivity contribution < 1.29 is 9.13 Å². The molecule has 30 heavy (non-hydrogen) atoms. The molecule has 152 valence electrons. The van der Waals surface area contributed by atoms with Crippen LogP contribution < -0.4 is 15.4 Å². The summed E-state index contributed by atoms with van der Waals surface area (Å²) in [7, 11) is 1.80. The monoisotopic (exact) mass is 403 g/mol. The van der Waals surface area contributed by atoms with Crippen LogP contribution in [0.5, 0.6) is 11.8 Å². The van der Waals surface area contributed by atoms with Crippen LogP contribution in [0.25, 0.3) is 16.7 Å². The number of ether oxygens (including phenoxy) is 1. The predicted octanol–water partition coefficient (Wildman–Crippen LogP) is 4.10. The van der Waals surface area contributed by atoms with Crippen LogP contribution >= 0.6 is 0 Å². The largest absolute Gasteiger partial charge is 0.423 e. The van der Waals surface area contributed by atoms with Gasteiger partial charge in [-0.2, -0.15) is 9.97 Å². The highest BCUT2D eigenvalue weighted by Crippen LogP contribution is 2.44. The maximum absolute atomic E-state index is 14.3. The van der Waals surface area contributed by atoms with Crippen molar-refractivity contribution >= 4 is 11.3 Å². The average Bonchev–Trinajstić information content (AvgIpc) is 3.13. The summed E-state index contributed by atoms with van der Waals surface area (Å²) < 4.78 is 20.3. The Morgan fingerprint density at radius 1 is 1.20 bits per heavy atom. The molecule has 3 aromatic rings. The van der Waals surface area contributed by atoms with Crippen LogP contribution in [0.4, 0.5) is 10.1 Å². The molecule has 0 fully saturated rings. The standard InChI is InChI=1S/C23H22FN5O/c1-13-3-4-16(12-27-13)30-23-28-20-11-17-18(9-15(24)10-19(17)25-2)21(20)22(29-23)14-5-7-26-8-6-14/h3-5,9-10,12,25-26H,6-8,11H2,1-2H3. The van der Waals surface area contributed by atoms with E-state index in [9.17, 15) is 4.39 Å². The second-order valence-corrected chi connectivity index (χ2v) is 7.50. The van der Waals surface area contributed by atoms with E-state index in [0.717, 1.165) is 64.5 Å². The summed E-state index contributed by atoms with van der Waals surface area (Å²) in [5, 5.41) is 6.44. The number of hydrogen-bond acceptors (Lipinski definition) is 6. The molecule has 1 aliphatic heterocycles. The minimum atomic E-state index is -0.276. The molecule has 0 bridgehead atoms. The molecular weight excluding hydrogens is 381 g/mol. The van der Waals surface area contributed by atoms with Crippen molar-refractivity contribution in [2.24, 2.45) is 0 Å². The Hall–Kier alpha value is -3.32. The number of anilines is 1. The molecule has 3 heterocycles. The average molecular weight is 403 g/mol. The lowest BCUT2D eigenvalue weighted by Gasteiger charge is -2.17. The quantitative estimate of drug-likeness (QED) is 0.535. The second kappa shape index (κ2) is 7.50. The molecule has 0 saturated heterocycles. The van der Waals surface area contributed by atoms with Gasteiger partial charge in [-0.25, -0.2) is 4.39 Å². The first-order valence-corrected chi connectivity index (χ1v) is 10.0. The molecular formula is C23H22FN5O. The summed E-state index contributed by atoms with van der Waals surface area (Å²) in [6, 6.07) is 7.13. The Bertz CT molecular complexity index is 1160. The zero-order valence-corrected chi connectivity index (χ0v) is 16.9. The van der Waals surface area contributed by atoms with Crippen molar-refractivity contribution in [2.45, 2.75) is 19.8 Å². The lowest BCUT2D eigenvalue weighted by Crippen LogP contribution is -2.20. The van der Waals surface area contributed by atoms with Crippen molar-refractivity contribution in [1.82, 2.24) is 20.3 Å². The third-order valence-electron chi connectivity index (χ3n) is 5.52. The van der Waals surface area contributed by atoms with Gasteiger partial charge in [-0.15, -0.1) is 0 Å². The molecule has 7 heteroatoms. The van der Waals surface area contributed by atoms with Crippen molar-refractivity contribution in [3.05, 3.63) is 65.0 Å². The Morgan fingerprint density at radius 3 is 2.83 bits per heavy atom. The van der Waals surface area contributed by atoms with Gasteiger partial charge in [0.25, 0.3) is 0 Å². The summed E-state index contributed by atoms with van der Waals surface area (Å²) in [6.45, 7) is 3.58. The van der Waals surface area contributed by atoms with Crippen LogP contribution in [-0.4, -0.2) is 35.1 Å². The minimum absolute atomic E-state index is 0.276. The Labute approximate surface area is 174 Å². The predicted molar refractivity (Wildman–Crippen MR) is 114 cm³/mol. The topological polar surface area (TPSA) is 72.0 Å². The lowest BCUT2D eigenvalue weighted by molar-refractivity contribution is 0.437. The number of fused-ring (bicyclic) bond motifs is 3. The summed E-state index contributed by atoms with van der Waals surface area (Å²) in [5.74, 6) is 0.311. The highest BCUT2D eigenvalue weighted by atomic mass is 19.1. The number of aromatic nitrogens is 3. The lowest BCUT2D eigenvalue weighted by atomic mass is 9.97. The van der Waals surface area contributed by atoms with E-state index in [1.165, 1.54) is 6.07 Å². The van der Waals surface area contributed by atoms with Crippen LogP contribution in [0, 0.1) is 12.7 Å². The smallest absolute Gasteiger partial charge is 0.322 e. The third kappa shape index (κ3) is 3.31. The molecule has 1 aromatic carbocycles. The van der Waals surface area contributed by atoms with Gasteiger partial charge in [-0.05, 0) is 60.9 Å². The molecule has 0 spiro atoms. The van der Waals surface area contributed by atoms with E-state index in [4.69, 9.17) is 14.7 Å². The van der Waals surface area contributed by atoms with Crippen LogP contribution in [0.2, 0.25) is 0 Å². The molecule has 0 saturated carbocycles. The number of halogens is 1. The molecule has 1 aliphatic carbocycles. The van der Waals surface area contributed by atoms with E-state index in [2.05, 4.69) is 21.7 Å². The summed E-state index contributed by atoms with van der Waals surface area (Å²) >= 11 is 0. The maximum Gasteiger partial charge on any atom is 0.322 e. The van der Waals surface area contributed by atoms with Gasteiger partial charge in [-0.3, -0.25) is 4.98 Å². The van der Waals surface area contributed by atoms with Crippen LogP contribution in [0.1, 0.15) is 29.1 Å². The Kier molecular flexibility index (Phi) is 4.67. The number of benzene rings is 1. The van der Waals surface area contributed by atoms with Gasteiger partial charge in [0.05, 0.1) is 17.6 Å². The van der Waals surface area contributed by atoms with Gasteiger partial charge in [0.1, 0.15) is 11.6 Å². The number of hydrogen-bond donors (Lipinski definition) is 2. The fraction of sp³-hybridized carbons (Fsp3) is 0.261. The van der Waals surface area contributed by atoms with Crippen molar-refractivity contribution in [3.8, 4) is 22.9 Å². The van der Waals surface area contributed by atoms with Gasteiger partial charge in [0.2, 0.25) is 0 Å². The first-order valence-electron chi connectivity index (χ1n) is 10.0. The van der Waals surface area contributed by atoms with E-state index >= 15 is 0 Å². The fourth-order valence-electron chi connectivity index (χ4n) is 4.07. The van der Waals surface area contributed by atoms with Crippen molar-refractivity contribution in [1.29, 1.82) is 0 Å². The van der Waals surface area contributed by atoms with E-state index in [1.54, 1.807) is 19.3 Å². The number of aryl methyl sites for hydroxylation is 1. The fourth-order valence-corrected chi connectivity index (χ4v) is 4.07. The van der Waals surface area contributed by atoms with Crippen LogP contribution in [0.3, 0.4) is 0 Å². The zero-order valence-electron chi connectivity index (χ0n) is 16.9. The number of pyridine rings is 1. The molecule has 5 rings (SSSR count). The Balaban J connectivity index is 1.65. The molecule has 2 N–H and O–H groups in total. The number of nitrogens with zero attached hydrogens (tertiary/aromatic N) is 3. The van der Waals surface area contributed by atoms with Crippen LogP contribution in [-0.2, 0) is 6.42 Å². The highest BCUT2D eigenvalue weighted by Gasteiger charge is 2.29. The summed E-state index contributed by atoms with van der Waals surface area (Å²) in [4.78, 5) is 13.7. The summed E-state index contributed by atoms with van der Waals surface area (Å²) in [5.41, 5.74) is 7.29. The molecule has 2 aromatic heterocycles. The van der Waals surface area contributed by atoms with Crippen molar-refractivity contribution in [3.63, 3.8) is 0 Å². The van der Waals surface area contributed by atoms with Gasteiger partial charge in [-0.1, -0.05) is 6.08 Å². The Morgan fingerprint density at radius 2 is 2.10 bits per heavy atom. The first kappa shape index (κ1) is 18.7. The van der Waals surface area contributed by atoms with Gasteiger partial charge < -0.3 is 15.4 Å².